The van der Waals surface area contributed by atoms with E-state index in [1.807, 2.05) is 31.2 Å². The fourth-order valence-electron chi connectivity index (χ4n) is 1.57. The van der Waals surface area contributed by atoms with Crippen LogP contribution >= 0.6 is 11.3 Å². The van der Waals surface area contributed by atoms with Gasteiger partial charge in [-0.05, 0) is 12.5 Å². The molecule has 0 saturated carbocycles. The molecule has 1 heterocycles. The molecule has 0 aliphatic rings. The first kappa shape index (κ1) is 14.3. The van der Waals surface area contributed by atoms with Gasteiger partial charge in [-0.25, -0.2) is 4.98 Å². The van der Waals surface area contributed by atoms with Gasteiger partial charge in [0.25, 0.3) is 0 Å². The minimum Gasteiger partial charge on any atom is -0.384 e. The second kappa shape index (κ2) is 6.85. The molecule has 102 valence electrons. The first-order chi connectivity index (χ1) is 9.67. The van der Waals surface area contributed by atoms with E-state index in [2.05, 4.69) is 22.1 Å². The summed E-state index contributed by atoms with van der Waals surface area (Å²) in [6.45, 7) is 1.82. The van der Waals surface area contributed by atoms with Gasteiger partial charge in [-0.3, -0.25) is 4.79 Å². The summed E-state index contributed by atoms with van der Waals surface area (Å²) in [5, 5.41) is 11.9. The maximum atomic E-state index is 11.9. The number of carbonyl (C=O) groups excluding carboxylic acids is 1. The molecule has 1 aromatic carbocycles. The lowest BCUT2D eigenvalue weighted by atomic mass is 10.1. The maximum Gasteiger partial charge on any atom is 0.230 e. The molecule has 0 unspecified atom stereocenters. The molecule has 5 heteroatoms. The average molecular weight is 286 g/mol. The van der Waals surface area contributed by atoms with Crippen LogP contribution in [-0.2, 0) is 11.2 Å². The standard InChI is InChI=1S/C15H14N2O2S/c1-11-4-6-12(7-5-11)9-14(19)17-15-16-10-13(20-15)3-2-8-18/h4-7,10,18H,8-9H2,1H3,(H,16,17,19). The number of aliphatic hydroxyl groups excluding tert-OH is 1. The highest BCUT2D eigenvalue weighted by Crippen LogP contribution is 2.17. The van der Waals surface area contributed by atoms with Crippen molar-refractivity contribution in [2.24, 2.45) is 0 Å². The van der Waals surface area contributed by atoms with Crippen LogP contribution in [0.15, 0.2) is 30.5 Å². The van der Waals surface area contributed by atoms with Gasteiger partial charge in [0, 0.05) is 0 Å². The Morgan fingerprint density at radius 3 is 2.85 bits per heavy atom. The van der Waals surface area contributed by atoms with Gasteiger partial charge in [-0.1, -0.05) is 53.0 Å². The number of amides is 1. The first-order valence-corrected chi connectivity index (χ1v) is 6.90. The van der Waals surface area contributed by atoms with Crippen molar-refractivity contribution in [1.82, 2.24) is 4.98 Å². The molecule has 4 nitrogen and oxygen atoms in total. The fraction of sp³-hybridized carbons (Fsp3) is 0.200. The molecule has 2 N–H and O–H groups in total. The largest absolute Gasteiger partial charge is 0.384 e. The number of carbonyl (C=O) groups is 1. The number of anilines is 1. The zero-order valence-corrected chi connectivity index (χ0v) is 11.8. The number of rotatable bonds is 3. The third-order valence-electron chi connectivity index (χ3n) is 2.53. The quantitative estimate of drug-likeness (QED) is 0.848. The van der Waals surface area contributed by atoms with Crippen molar-refractivity contribution in [3.05, 3.63) is 46.5 Å². The Morgan fingerprint density at radius 1 is 1.40 bits per heavy atom. The minimum absolute atomic E-state index is 0.107. The predicted octanol–water partition coefficient (Wildman–Crippen LogP) is 1.98. The molecule has 0 bridgehead atoms. The molecule has 0 spiro atoms. The van der Waals surface area contributed by atoms with Crippen LogP contribution in [-0.4, -0.2) is 22.6 Å². The molecule has 2 rings (SSSR count). The number of nitrogens with zero attached hydrogens (tertiary/aromatic N) is 1. The van der Waals surface area contributed by atoms with Crippen LogP contribution < -0.4 is 5.32 Å². The number of nitrogens with one attached hydrogen (secondary N) is 1. The van der Waals surface area contributed by atoms with Crippen LogP contribution in [0.1, 0.15) is 16.0 Å². The predicted molar refractivity (Wildman–Crippen MR) is 79.6 cm³/mol. The summed E-state index contributed by atoms with van der Waals surface area (Å²) in [5.74, 6) is 5.18. The van der Waals surface area contributed by atoms with Crippen LogP contribution in [0, 0.1) is 18.8 Å². The van der Waals surface area contributed by atoms with Crippen LogP contribution in [0.2, 0.25) is 0 Å². The summed E-state index contributed by atoms with van der Waals surface area (Å²) < 4.78 is 0. The summed E-state index contributed by atoms with van der Waals surface area (Å²) in [6, 6.07) is 7.84. The van der Waals surface area contributed by atoms with Crippen LogP contribution in [0.3, 0.4) is 0 Å². The Labute approximate surface area is 121 Å². The van der Waals surface area contributed by atoms with E-state index in [0.717, 1.165) is 5.56 Å². The average Bonchev–Trinajstić information content (AvgIpc) is 2.86. The number of hydrogen-bond donors (Lipinski definition) is 2. The van der Waals surface area contributed by atoms with Gasteiger partial charge in [0.15, 0.2) is 5.13 Å². The highest BCUT2D eigenvalue weighted by atomic mass is 32.1. The second-order valence-corrected chi connectivity index (χ2v) is 5.23. The number of aryl methyl sites for hydroxylation is 1. The number of hydrogen-bond acceptors (Lipinski definition) is 4. The Balaban J connectivity index is 1.94. The summed E-state index contributed by atoms with van der Waals surface area (Å²) >= 11 is 1.29. The first-order valence-electron chi connectivity index (χ1n) is 6.08. The van der Waals surface area contributed by atoms with E-state index in [4.69, 9.17) is 5.11 Å². The zero-order valence-electron chi connectivity index (χ0n) is 11.0. The van der Waals surface area contributed by atoms with E-state index >= 15 is 0 Å². The Hall–Kier alpha value is -2.16. The molecular weight excluding hydrogens is 272 g/mol. The number of aliphatic hydroxyl groups is 1. The molecule has 1 amide bonds. The Bertz CT molecular complexity index is 651. The third-order valence-corrected chi connectivity index (χ3v) is 3.36. The van der Waals surface area contributed by atoms with Gasteiger partial charge in [0.1, 0.15) is 6.61 Å². The van der Waals surface area contributed by atoms with Crippen molar-refractivity contribution < 1.29 is 9.90 Å². The molecule has 0 aliphatic heterocycles. The smallest absolute Gasteiger partial charge is 0.230 e. The fourth-order valence-corrected chi connectivity index (χ4v) is 2.28. The van der Waals surface area contributed by atoms with Crippen LogP contribution in [0.25, 0.3) is 0 Å². The third kappa shape index (κ3) is 4.19. The highest BCUT2D eigenvalue weighted by Gasteiger charge is 2.07. The van der Waals surface area contributed by atoms with Gasteiger partial charge < -0.3 is 10.4 Å². The molecule has 0 fully saturated rings. The van der Waals surface area contributed by atoms with Gasteiger partial charge in [-0.2, -0.15) is 0 Å². The maximum absolute atomic E-state index is 11.9. The lowest BCUT2D eigenvalue weighted by Crippen LogP contribution is -2.14. The van der Waals surface area contributed by atoms with Gasteiger partial charge in [0.2, 0.25) is 5.91 Å². The van der Waals surface area contributed by atoms with E-state index in [1.165, 1.54) is 16.9 Å². The SMILES string of the molecule is Cc1ccc(CC(=O)Nc2ncc(C#CCO)s2)cc1. The molecule has 20 heavy (non-hydrogen) atoms. The van der Waals surface area contributed by atoms with E-state index in [-0.39, 0.29) is 12.5 Å². The van der Waals surface area contributed by atoms with E-state index < -0.39 is 0 Å². The van der Waals surface area contributed by atoms with E-state index in [1.54, 1.807) is 6.20 Å². The lowest BCUT2D eigenvalue weighted by molar-refractivity contribution is -0.115. The summed E-state index contributed by atoms with van der Waals surface area (Å²) in [7, 11) is 0. The summed E-state index contributed by atoms with van der Waals surface area (Å²) in [5.41, 5.74) is 2.13. The van der Waals surface area contributed by atoms with Gasteiger partial charge in [0.05, 0.1) is 17.5 Å². The Morgan fingerprint density at radius 2 is 2.15 bits per heavy atom. The number of thiazole rings is 1. The summed E-state index contributed by atoms with van der Waals surface area (Å²) in [4.78, 5) is 16.6. The van der Waals surface area contributed by atoms with Crippen molar-refractivity contribution in [1.29, 1.82) is 0 Å². The molecule has 0 radical (unpaired) electrons. The molecule has 0 saturated heterocycles. The van der Waals surface area contributed by atoms with Crippen molar-refractivity contribution in [2.75, 3.05) is 11.9 Å². The number of benzene rings is 1. The lowest BCUT2D eigenvalue weighted by Gasteiger charge is -2.02. The number of aromatic nitrogens is 1. The van der Waals surface area contributed by atoms with E-state index in [9.17, 15) is 4.79 Å². The topological polar surface area (TPSA) is 62.2 Å². The summed E-state index contributed by atoms with van der Waals surface area (Å²) in [6.07, 6.45) is 1.90. The molecule has 1 aromatic heterocycles. The highest BCUT2D eigenvalue weighted by molar-refractivity contribution is 7.16. The Kier molecular flexibility index (Phi) is 4.88. The van der Waals surface area contributed by atoms with Crippen molar-refractivity contribution in [3.63, 3.8) is 0 Å². The normalized spacial score (nSPS) is 9.70. The second-order valence-electron chi connectivity index (χ2n) is 4.20. The van der Waals surface area contributed by atoms with Crippen molar-refractivity contribution in [3.8, 4) is 11.8 Å². The van der Waals surface area contributed by atoms with Crippen LogP contribution in [0.5, 0.6) is 0 Å². The molecular formula is C15H14N2O2S. The van der Waals surface area contributed by atoms with Crippen molar-refractivity contribution in [2.45, 2.75) is 13.3 Å². The van der Waals surface area contributed by atoms with E-state index in [0.29, 0.717) is 16.4 Å². The van der Waals surface area contributed by atoms with Crippen LogP contribution in [0.4, 0.5) is 5.13 Å². The zero-order chi connectivity index (χ0) is 14.4. The molecule has 2 aromatic rings. The molecule has 0 atom stereocenters. The van der Waals surface area contributed by atoms with Gasteiger partial charge >= 0.3 is 0 Å². The minimum atomic E-state index is -0.187. The monoisotopic (exact) mass is 286 g/mol. The van der Waals surface area contributed by atoms with Gasteiger partial charge in [-0.15, -0.1) is 0 Å². The molecule has 0 aliphatic carbocycles. The van der Waals surface area contributed by atoms with Crippen molar-refractivity contribution >= 4 is 22.4 Å².